The maximum absolute atomic E-state index is 11.4. The molecule has 0 unspecified atom stereocenters. The van der Waals surface area contributed by atoms with Crippen molar-refractivity contribution in [2.24, 2.45) is 0 Å². The minimum absolute atomic E-state index is 0. The van der Waals surface area contributed by atoms with Crippen LogP contribution in [0, 0.1) is 0 Å². The summed E-state index contributed by atoms with van der Waals surface area (Å²) >= 11 is 0. The van der Waals surface area contributed by atoms with E-state index < -0.39 is 0 Å². The first kappa shape index (κ1) is 14.3. The lowest BCUT2D eigenvalue weighted by Gasteiger charge is -2.19. The van der Waals surface area contributed by atoms with E-state index in [4.69, 9.17) is 4.74 Å². The fourth-order valence-electron chi connectivity index (χ4n) is 2.60. The summed E-state index contributed by atoms with van der Waals surface area (Å²) in [7, 11) is 0. The molecule has 1 N–H and O–H groups in total. The van der Waals surface area contributed by atoms with Crippen LogP contribution in [0.1, 0.15) is 27.9 Å². The number of nitrogens with one attached hydrogen (secondary N) is 1. The molecule has 4 nitrogen and oxygen atoms in total. The third-order valence-electron chi connectivity index (χ3n) is 3.59. The van der Waals surface area contributed by atoms with Crippen molar-refractivity contribution >= 4 is 18.4 Å². The number of fused-ring (bicyclic) bond motifs is 1. The molecule has 1 saturated heterocycles. The van der Waals surface area contributed by atoms with Crippen molar-refractivity contribution < 1.29 is 9.53 Å². The summed E-state index contributed by atoms with van der Waals surface area (Å²) in [6.45, 7) is 5.80. The number of benzene rings is 1. The number of carbonyl (C=O) groups is 1. The van der Waals surface area contributed by atoms with Crippen LogP contribution < -0.4 is 5.32 Å². The standard InChI is InChI=1S/C14H18N2O2.ClH/c17-14-13-3-2-11(8-12(13)10-18-14)9-16-6-1-4-15-5-7-16;/h2-3,8,15H,1,4-7,9-10H2;1H. The number of esters is 1. The van der Waals surface area contributed by atoms with Gasteiger partial charge in [-0.1, -0.05) is 12.1 Å². The van der Waals surface area contributed by atoms with E-state index in [0.29, 0.717) is 6.61 Å². The minimum Gasteiger partial charge on any atom is -0.457 e. The van der Waals surface area contributed by atoms with Crippen molar-refractivity contribution in [1.29, 1.82) is 0 Å². The summed E-state index contributed by atoms with van der Waals surface area (Å²) in [5, 5.41) is 3.40. The molecular weight excluding hydrogens is 264 g/mol. The lowest BCUT2D eigenvalue weighted by Crippen LogP contribution is -2.27. The highest BCUT2D eigenvalue weighted by atomic mass is 35.5. The monoisotopic (exact) mass is 282 g/mol. The second-order valence-corrected chi connectivity index (χ2v) is 4.95. The van der Waals surface area contributed by atoms with Crippen LogP contribution in [0.25, 0.3) is 0 Å². The van der Waals surface area contributed by atoms with Gasteiger partial charge in [0.2, 0.25) is 0 Å². The molecule has 0 amide bonds. The highest BCUT2D eigenvalue weighted by Crippen LogP contribution is 2.21. The Bertz CT molecular complexity index is 457. The summed E-state index contributed by atoms with van der Waals surface area (Å²) in [5.74, 6) is -0.185. The van der Waals surface area contributed by atoms with Crippen molar-refractivity contribution in [2.45, 2.75) is 19.6 Å². The van der Waals surface area contributed by atoms with Gasteiger partial charge in [0.15, 0.2) is 0 Å². The lowest BCUT2D eigenvalue weighted by atomic mass is 10.1. The zero-order valence-corrected chi connectivity index (χ0v) is 11.7. The maximum Gasteiger partial charge on any atom is 0.338 e. The van der Waals surface area contributed by atoms with E-state index in [1.54, 1.807) is 0 Å². The molecule has 1 aromatic carbocycles. The van der Waals surface area contributed by atoms with E-state index in [0.717, 1.165) is 43.9 Å². The summed E-state index contributed by atoms with van der Waals surface area (Å²) in [4.78, 5) is 13.8. The van der Waals surface area contributed by atoms with Gasteiger partial charge >= 0.3 is 5.97 Å². The topological polar surface area (TPSA) is 41.6 Å². The van der Waals surface area contributed by atoms with Crippen LogP contribution >= 0.6 is 12.4 Å². The van der Waals surface area contributed by atoms with Crippen molar-refractivity contribution in [3.05, 3.63) is 34.9 Å². The van der Waals surface area contributed by atoms with Crippen molar-refractivity contribution in [2.75, 3.05) is 26.2 Å². The summed E-state index contributed by atoms with van der Waals surface area (Å²) in [6.07, 6.45) is 1.20. The van der Waals surface area contributed by atoms with Crippen LogP contribution in [0.15, 0.2) is 18.2 Å². The number of rotatable bonds is 2. The molecule has 0 aliphatic carbocycles. The predicted molar refractivity (Wildman–Crippen MR) is 75.6 cm³/mol. The second kappa shape index (κ2) is 6.37. The summed E-state index contributed by atoms with van der Waals surface area (Å²) in [6, 6.07) is 6.05. The van der Waals surface area contributed by atoms with Gasteiger partial charge in [-0.3, -0.25) is 4.90 Å². The molecule has 0 spiro atoms. The van der Waals surface area contributed by atoms with Crippen LogP contribution in [-0.2, 0) is 17.9 Å². The molecule has 2 aliphatic heterocycles. The quantitative estimate of drug-likeness (QED) is 0.836. The van der Waals surface area contributed by atoms with E-state index in [1.165, 1.54) is 12.0 Å². The highest BCUT2D eigenvalue weighted by Gasteiger charge is 2.21. The van der Waals surface area contributed by atoms with Gasteiger partial charge in [-0.15, -0.1) is 12.4 Å². The largest absolute Gasteiger partial charge is 0.457 e. The molecule has 1 aromatic rings. The zero-order chi connectivity index (χ0) is 12.4. The minimum atomic E-state index is -0.185. The first-order valence-corrected chi connectivity index (χ1v) is 6.55. The van der Waals surface area contributed by atoms with Gasteiger partial charge in [-0.2, -0.15) is 0 Å². The van der Waals surface area contributed by atoms with E-state index in [-0.39, 0.29) is 18.4 Å². The molecule has 0 bridgehead atoms. The number of nitrogens with zero attached hydrogens (tertiary/aromatic N) is 1. The van der Waals surface area contributed by atoms with E-state index in [1.807, 2.05) is 12.1 Å². The Kier molecular flexibility index (Phi) is 4.80. The van der Waals surface area contributed by atoms with Crippen LogP contribution in [0.5, 0.6) is 0 Å². The average molecular weight is 283 g/mol. The number of hydrogen-bond acceptors (Lipinski definition) is 4. The van der Waals surface area contributed by atoms with Crippen LogP contribution in [-0.4, -0.2) is 37.0 Å². The van der Waals surface area contributed by atoms with Gasteiger partial charge in [0.05, 0.1) is 5.56 Å². The van der Waals surface area contributed by atoms with Crippen LogP contribution in [0.2, 0.25) is 0 Å². The number of carbonyl (C=O) groups excluding carboxylic acids is 1. The van der Waals surface area contributed by atoms with Crippen molar-refractivity contribution in [1.82, 2.24) is 10.2 Å². The molecule has 1 fully saturated rings. The molecule has 0 aromatic heterocycles. The summed E-state index contributed by atoms with van der Waals surface area (Å²) < 4.78 is 5.03. The Hall–Kier alpha value is -1.10. The highest BCUT2D eigenvalue weighted by molar-refractivity contribution is 5.93. The van der Waals surface area contributed by atoms with E-state index in [9.17, 15) is 4.79 Å². The average Bonchev–Trinajstić information content (AvgIpc) is 2.60. The van der Waals surface area contributed by atoms with E-state index >= 15 is 0 Å². The third-order valence-corrected chi connectivity index (χ3v) is 3.59. The van der Waals surface area contributed by atoms with Crippen molar-refractivity contribution in [3.63, 3.8) is 0 Å². The van der Waals surface area contributed by atoms with Gasteiger partial charge in [0.25, 0.3) is 0 Å². The molecule has 104 valence electrons. The molecule has 3 rings (SSSR count). The third kappa shape index (κ3) is 3.26. The molecule has 19 heavy (non-hydrogen) atoms. The number of cyclic esters (lactones) is 1. The molecule has 2 aliphatic rings. The van der Waals surface area contributed by atoms with E-state index in [2.05, 4.69) is 16.3 Å². The molecule has 5 heteroatoms. The van der Waals surface area contributed by atoms with Crippen molar-refractivity contribution in [3.8, 4) is 0 Å². The first-order chi connectivity index (χ1) is 8.83. The predicted octanol–water partition coefficient (Wildman–Crippen LogP) is 1.57. The lowest BCUT2D eigenvalue weighted by molar-refractivity contribution is 0.0535. The Morgan fingerprint density at radius 3 is 3.05 bits per heavy atom. The summed E-state index contributed by atoms with van der Waals surface area (Å²) in [5.41, 5.74) is 3.04. The normalized spacial score (nSPS) is 19.3. The number of halogens is 1. The molecular formula is C14H19ClN2O2. The molecule has 0 radical (unpaired) electrons. The number of ether oxygens (including phenoxy) is 1. The molecule has 0 atom stereocenters. The van der Waals surface area contributed by atoms with Crippen LogP contribution in [0.4, 0.5) is 0 Å². The molecule has 2 heterocycles. The van der Waals surface area contributed by atoms with Gasteiger partial charge < -0.3 is 10.1 Å². The maximum atomic E-state index is 11.4. The number of hydrogen-bond donors (Lipinski definition) is 1. The SMILES string of the molecule is Cl.O=C1OCc2cc(CN3CCCNCC3)ccc21. The van der Waals surface area contributed by atoms with Gasteiger partial charge in [-0.25, -0.2) is 4.79 Å². The zero-order valence-electron chi connectivity index (χ0n) is 10.9. The second-order valence-electron chi connectivity index (χ2n) is 4.95. The first-order valence-electron chi connectivity index (χ1n) is 6.55. The van der Waals surface area contributed by atoms with Gasteiger partial charge in [-0.05, 0) is 31.1 Å². The Labute approximate surface area is 119 Å². The fraction of sp³-hybridized carbons (Fsp3) is 0.500. The Morgan fingerprint density at radius 1 is 1.26 bits per heavy atom. The van der Waals surface area contributed by atoms with Crippen LogP contribution in [0.3, 0.4) is 0 Å². The van der Waals surface area contributed by atoms with Gasteiger partial charge in [0.1, 0.15) is 6.61 Å². The Morgan fingerprint density at radius 2 is 2.16 bits per heavy atom. The fourth-order valence-corrected chi connectivity index (χ4v) is 2.60. The van der Waals surface area contributed by atoms with Gasteiger partial charge in [0, 0.05) is 25.2 Å². The smallest absolute Gasteiger partial charge is 0.338 e. The molecule has 0 saturated carbocycles. The Balaban J connectivity index is 0.00000133.